The Morgan fingerprint density at radius 1 is 1.09 bits per heavy atom. The quantitative estimate of drug-likeness (QED) is 0.584. The highest BCUT2D eigenvalue weighted by Gasteiger charge is 2.03. The van der Waals surface area contributed by atoms with E-state index in [4.69, 9.17) is 4.74 Å². The minimum atomic E-state index is 0.713. The number of aromatic nitrogens is 1. The summed E-state index contributed by atoms with van der Waals surface area (Å²) in [6, 6.07) is 17.8. The van der Waals surface area contributed by atoms with E-state index in [1.165, 1.54) is 0 Å². The van der Waals surface area contributed by atoms with Gasteiger partial charge in [0.2, 0.25) is 0 Å². The Morgan fingerprint density at radius 3 is 2.68 bits per heavy atom. The third-order valence-electron chi connectivity index (χ3n) is 3.42. The maximum atomic E-state index is 5.25. The molecule has 2 aromatic carbocycles. The molecule has 0 spiro atoms. The molecular formula is C18H17N3O. The standard InChI is InChI=1S/C18H17N3O/c1-13-10-18(21-19-12-14-6-4-3-5-7-14)20-17-11-15(22-2)8-9-16(13)17/h3-12H,1-2H3,(H,20,21)/b19-12+. The van der Waals surface area contributed by atoms with Gasteiger partial charge in [-0.1, -0.05) is 30.3 Å². The summed E-state index contributed by atoms with van der Waals surface area (Å²) in [5.74, 6) is 1.51. The van der Waals surface area contributed by atoms with Crippen molar-refractivity contribution in [3.8, 4) is 5.75 Å². The molecule has 0 radical (unpaired) electrons. The number of methoxy groups -OCH3 is 1. The first-order chi connectivity index (χ1) is 10.8. The van der Waals surface area contributed by atoms with Crippen molar-refractivity contribution in [3.63, 3.8) is 0 Å². The first-order valence-corrected chi connectivity index (χ1v) is 7.06. The molecule has 1 aromatic heterocycles. The van der Waals surface area contributed by atoms with Crippen LogP contribution in [0.3, 0.4) is 0 Å². The predicted octanol–water partition coefficient (Wildman–Crippen LogP) is 4.00. The van der Waals surface area contributed by atoms with Crippen molar-refractivity contribution in [2.24, 2.45) is 5.10 Å². The Morgan fingerprint density at radius 2 is 1.91 bits per heavy atom. The van der Waals surface area contributed by atoms with Gasteiger partial charge in [-0.2, -0.15) is 5.10 Å². The van der Waals surface area contributed by atoms with Crippen LogP contribution >= 0.6 is 0 Å². The number of hydrogen-bond donors (Lipinski definition) is 1. The molecule has 0 fully saturated rings. The Hall–Kier alpha value is -2.88. The number of nitrogens with zero attached hydrogens (tertiary/aromatic N) is 2. The first-order valence-electron chi connectivity index (χ1n) is 7.06. The van der Waals surface area contributed by atoms with Gasteiger partial charge >= 0.3 is 0 Å². The fourth-order valence-corrected chi connectivity index (χ4v) is 2.28. The maximum absolute atomic E-state index is 5.25. The lowest BCUT2D eigenvalue weighted by atomic mass is 10.1. The molecule has 0 unspecified atom stereocenters. The second kappa shape index (κ2) is 6.26. The highest BCUT2D eigenvalue weighted by molar-refractivity contribution is 5.85. The molecule has 3 rings (SSSR count). The van der Waals surface area contributed by atoms with Crippen LogP contribution in [0.1, 0.15) is 11.1 Å². The summed E-state index contributed by atoms with van der Waals surface area (Å²) in [7, 11) is 1.65. The summed E-state index contributed by atoms with van der Waals surface area (Å²) < 4.78 is 5.25. The summed E-state index contributed by atoms with van der Waals surface area (Å²) in [6.07, 6.45) is 1.77. The largest absolute Gasteiger partial charge is 0.497 e. The van der Waals surface area contributed by atoms with Gasteiger partial charge in [-0.15, -0.1) is 0 Å². The highest BCUT2D eigenvalue weighted by atomic mass is 16.5. The normalized spacial score (nSPS) is 11.0. The Labute approximate surface area is 129 Å². The molecule has 0 saturated carbocycles. The topological polar surface area (TPSA) is 46.5 Å². The van der Waals surface area contributed by atoms with Gasteiger partial charge in [0.15, 0.2) is 0 Å². The lowest BCUT2D eigenvalue weighted by molar-refractivity contribution is 0.415. The fourth-order valence-electron chi connectivity index (χ4n) is 2.28. The van der Waals surface area contributed by atoms with E-state index in [1.54, 1.807) is 13.3 Å². The molecule has 0 bridgehead atoms. The Kier molecular flexibility index (Phi) is 4.01. The average Bonchev–Trinajstić information content (AvgIpc) is 2.55. The number of nitrogens with one attached hydrogen (secondary N) is 1. The van der Waals surface area contributed by atoms with E-state index >= 15 is 0 Å². The molecule has 3 aromatic rings. The maximum Gasteiger partial charge on any atom is 0.147 e. The van der Waals surface area contributed by atoms with Crippen LogP contribution in [0.4, 0.5) is 5.82 Å². The number of fused-ring (bicyclic) bond motifs is 1. The minimum Gasteiger partial charge on any atom is -0.497 e. The summed E-state index contributed by atoms with van der Waals surface area (Å²) in [4.78, 5) is 4.57. The van der Waals surface area contributed by atoms with Gasteiger partial charge < -0.3 is 4.74 Å². The third kappa shape index (κ3) is 3.06. The number of hydrogen-bond acceptors (Lipinski definition) is 4. The summed E-state index contributed by atoms with van der Waals surface area (Å²) in [6.45, 7) is 2.06. The second-order valence-corrected chi connectivity index (χ2v) is 4.99. The number of pyridine rings is 1. The van der Waals surface area contributed by atoms with Crippen molar-refractivity contribution in [2.45, 2.75) is 6.92 Å². The van der Waals surface area contributed by atoms with Crippen LogP contribution in [0.15, 0.2) is 59.7 Å². The predicted molar refractivity (Wildman–Crippen MR) is 90.7 cm³/mol. The lowest BCUT2D eigenvalue weighted by Gasteiger charge is -2.07. The van der Waals surface area contributed by atoms with E-state index in [0.717, 1.165) is 27.8 Å². The molecule has 0 saturated heterocycles. The number of ether oxygens (including phenoxy) is 1. The van der Waals surface area contributed by atoms with E-state index in [1.807, 2.05) is 54.6 Å². The number of hydrazone groups is 1. The van der Waals surface area contributed by atoms with Crippen LogP contribution in [0.25, 0.3) is 10.9 Å². The van der Waals surface area contributed by atoms with Crippen LogP contribution in [0, 0.1) is 6.92 Å². The van der Waals surface area contributed by atoms with Gasteiger partial charge in [-0.25, -0.2) is 4.98 Å². The van der Waals surface area contributed by atoms with Crippen LogP contribution in [-0.4, -0.2) is 18.3 Å². The Balaban J connectivity index is 1.86. The molecule has 1 heterocycles. The zero-order valence-corrected chi connectivity index (χ0v) is 12.6. The molecule has 4 nitrogen and oxygen atoms in total. The van der Waals surface area contributed by atoms with E-state index in [2.05, 4.69) is 22.4 Å². The lowest BCUT2D eigenvalue weighted by Crippen LogP contribution is -1.96. The summed E-state index contributed by atoms with van der Waals surface area (Å²) in [5.41, 5.74) is 6.05. The van der Waals surface area contributed by atoms with Crippen molar-refractivity contribution < 1.29 is 4.74 Å². The van der Waals surface area contributed by atoms with Gasteiger partial charge in [0.25, 0.3) is 0 Å². The second-order valence-electron chi connectivity index (χ2n) is 4.99. The molecule has 22 heavy (non-hydrogen) atoms. The van der Waals surface area contributed by atoms with Gasteiger partial charge in [0, 0.05) is 11.5 Å². The van der Waals surface area contributed by atoms with Crippen molar-refractivity contribution >= 4 is 22.9 Å². The molecule has 0 amide bonds. The van der Waals surface area contributed by atoms with Crippen molar-refractivity contribution in [1.29, 1.82) is 0 Å². The molecule has 0 atom stereocenters. The summed E-state index contributed by atoms with van der Waals surface area (Å²) in [5, 5.41) is 5.34. The van der Waals surface area contributed by atoms with E-state index in [9.17, 15) is 0 Å². The van der Waals surface area contributed by atoms with Gasteiger partial charge in [0.1, 0.15) is 11.6 Å². The van der Waals surface area contributed by atoms with Gasteiger partial charge in [0.05, 0.1) is 18.8 Å². The zero-order chi connectivity index (χ0) is 15.4. The molecule has 0 aliphatic heterocycles. The van der Waals surface area contributed by atoms with Crippen molar-refractivity contribution in [2.75, 3.05) is 12.5 Å². The number of anilines is 1. The minimum absolute atomic E-state index is 0.713. The smallest absolute Gasteiger partial charge is 0.147 e. The first kappa shape index (κ1) is 14.1. The zero-order valence-electron chi connectivity index (χ0n) is 12.6. The molecule has 0 aliphatic carbocycles. The number of aryl methyl sites for hydroxylation is 1. The van der Waals surface area contributed by atoms with Crippen molar-refractivity contribution in [1.82, 2.24) is 4.98 Å². The summed E-state index contributed by atoms with van der Waals surface area (Å²) >= 11 is 0. The van der Waals surface area contributed by atoms with Crippen LogP contribution in [-0.2, 0) is 0 Å². The van der Waals surface area contributed by atoms with Crippen LogP contribution < -0.4 is 10.2 Å². The Bertz CT molecular complexity index is 813. The van der Waals surface area contributed by atoms with E-state index < -0.39 is 0 Å². The molecule has 1 N–H and O–H groups in total. The SMILES string of the molecule is COc1ccc2c(C)cc(N/N=C/c3ccccc3)nc2c1. The van der Waals surface area contributed by atoms with Crippen LogP contribution in [0.5, 0.6) is 5.75 Å². The van der Waals surface area contributed by atoms with E-state index in [0.29, 0.717) is 5.82 Å². The molecular weight excluding hydrogens is 274 g/mol. The average molecular weight is 291 g/mol. The van der Waals surface area contributed by atoms with Crippen LogP contribution in [0.2, 0.25) is 0 Å². The highest BCUT2D eigenvalue weighted by Crippen LogP contribution is 2.24. The molecule has 0 aliphatic rings. The fraction of sp³-hybridized carbons (Fsp3) is 0.111. The van der Waals surface area contributed by atoms with Crippen molar-refractivity contribution in [3.05, 3.63) is 65.7 Å². The molecule has 4 heteroatoms. The number of benzene rings is 2. The van der Waals surface area contributed by atoms with Gasteiger partial charge in [-0.3, -0.25) is 5.43 Å². The van der Waals surface area contributed by atoms with E-state index in [-0.39, 0.29) is 0 Å². The monoisotopic (exact) mass is 291 g/mol. The van der Waals surface area contributed by atoms with Gasteiger partial charge in [-0.05, 0) is 36.2 Å². The third-order valence-corrected chi connectivity index (χ3v) is 3.42. The number of rotatable bonds is 4. The molecule has 110 valence electrons.